The van der Waals surface area contributed by atoms with Gasteiger partial charge in [0, 0.05) is 10.9 Å². The maximum absolute atomic E-state index is 12.5. The molecule has 124 valence electrons. The van der Waals surface area contributed by atoms with Gasteiger partial charge in [-0.05, 0) is 24.3 Å². The quantitative estimate of drug-likeness (QED) is 0.525. The zero-order valence-electron chi connectivity index (χ0n) is 12.0. The van der Waals surface area contributed by atoms with Crippen LogP contribution in [-0.4, -0.2) is 18.9 Å². The second kappa shape index (κ2) is 5.79. The van der Waals surface area contributed by atoms with E-state index < -0.39 is 21.4 Å². The summed E-state index contributed by atoms with van der Waals surface area (Å²) < 4.78 is 64.0. The first-order valence-electron chi connectivity index (χ1n) is 6.74. The van der Waals surface area contributed by atoms with E-state index in [0.29, 0.717) is 11.2 Å². The van der Waals surface area contributed by atoms with Crippen molar-refractivity contribution in [1.82, 2.24) is 4.98 Å². The maximum Gasteiger partial charge on any atom is 0.534 e. The first-order chi connectivity index (χ1) is 11.3. The SMILES string of the molecule is O=S(=O)(Oc1cccc2nc(-c3ccccc3)ccc12)C(F)(F)F. The molecule has 1 heterocycles. The third kappa shape index (κ3) is 3.05. The maximum atomic E-state index is 12.5. The van der Waals surface area contributed by atoms with Gasteiger partial charge in [0.15, 0.2) is 5.75 Å². The number of pyridine rings is 1. The van der Waals surface area contributed by atoms with E-state index in [9.17, 15) is 21.6 Å². The lowest BCUT2D eigenvalue weighted by Gasteiger charge is -2.11. The molecule has 0 aliphatic carbocycles. The van der Waals surface area contributed by atoms with Crippen LogP contribution in [0.4, 0.5) is 13.2 Å². The Morgan fingerprint density at radius 2 is 1.58 bits per heavy atom. The Kier molecular flexibility index (Phi) is 3.92. The number of rotatable bonds is 3. The molecule has 3 rings (SSSR count). The third-order valence-electron chi connectivity index (χ3n) is 3.24. The van der Waals surface area contributed by atoms with Crippen LogP contribution in [0.15, 0.2) is 60.7 Å². The van der Waals surface area contributed by atoms with Gasteiger partial charge in [0.2, 0.25) is 0 Å². The largest absolute Gasteiger partial charge is 0.534 e. The Morgan fingerprint density at radius 3 is 2.25 bits per heavy atom. The average Bonchev–Trinajstić information content (AvgIpc) is 2.54. The summed E-state index contributed by atoms with van der Waals surface area (Å²) in [6.07, 6.45) is 0. The lowest BCUT2D eigenvalue weighted by atomic mass is 10.1. The molecule has 0 saturated carbocycles. The lowest BCUT2D eigenvalue weighted by molar-refractivity contribution is -0.0499. The van der Waals surface area contributed by atoms with Crippen LogP contribution in [0.2, 0.25) is 0 Å². The Morgan fingerprint density at radius 1 is 0.875 bits per heavy atom. The van der Waals surface area contributed by atoms with Gasteiger partial charge in [0.1, 0.15) is 0 Å². The molecule has 4 nitrogen and oxygen atoms in total. The van der Waals surface area contributed by atoms with Crippen LogP contribution in [0.1, 0.15) is 0 Å². The zero-order chi connectivity index (χ0) is 17.4. The molecule has 24 heavy (non-hydrogen) atoms. The summed E-state index contributed by atoms with van der Waals surface area (Å²) in [5.74, 6) is -0.420. The van der Waals surface area contributed by atoms with Crippen molar-refractivity contribution in [2.24, 2.45) is 0 Å². The molecule has 0 spiro atoms. The second-order valence-electron chi connectivity index (χ2n) is 4.87. The normalized spacial score (nSPS) is 12.3. The predicted octanol–water partition coefficient (Wildman–Crippen LogP) is 4.13. The molecule has 8 heteroatoms. The van der Waals surface area contributed by atoms with Crippen molar-refractivity contribution >= 4 is 21.0 Å². The lowest BCUT2D eigenvalue weighted by Crippen LogP contribution is -2.28. The Bertz CT molecular complexity index is 986. The summed E-state index contributed by atoms with van der Waals surface area (Å²) >= 11 is 0. The van der Waals surface area contributed by atoms with Crippen molar-refractivity contribution in [2.75, 3.05) is 0 Å². The second-order valence-corrected chi connectivity index (χ2v) is 6.41. The molecule has 2 aromatic carbocycles. The van der Waals surface area contributed by atoms with E-state index in [1.54, 1.807) is 12.1 Å². The van der Waals surface area contributed by atoms with Crippen LogP contribution in [0.5, 0.6) is 5.75 Å². The fourth-order valence-corrected chi connectivity index (χ4v) is 2.61. The summed E-state index contributed by atoms with van der Waals surface area (Å²) in [7, 11) is -5.73. The summed E-state index contributed by atoms with van der Waals surface area (Å²) in [5, 5.41) is 0.171. The molecule has 0 bridgehead atoms. The van der Waals surface area contributed by atoms with Gasteiger partial charge in [-0.15, -0.1) is 0 Å². The molecule has 1 aromatic heterocycles. The highest BCUT2D eigenvalue weighted by molar-refractivity contribution is 7.88. The average molecular weight is 353 g/mol. The summed E-state index contributed by atoms with van der Waals surface area (Å²) in [6.45, 7) is 0. The van der Waals surface area contributed by atoms with Gasteiger partial charge in [-0.3, -0.25) is 0 Å². The highest BCUT2D eigenvalue weighted by Gasteiger charge is 2.48. The van der Waals surface area contributed by atoms with Crippen LogP contribution < -0.4 is 4.18 Å². The number of benzene rings is 2. The van der Waals surface area contributed by atoms with E-state index in [2.05, 4.69) is 9.17 Å². The number of hydrogen-bond acceptors (Lipinski definition) is 4. The smallest absolute Gasteiger partial charge is 0.375 e. The monoisotopic (exact) mass is 353 g/mol. The number of hydrogen-bond donors (Lipinski definition) is 0. The molecule has 0 amide bonds. The Hall–Kier alpha value is -2.61. The minimum Gasteiger partial charge on any atom is -0.375 e. The molecule has 0 saturated heterocycles. The number of fused-ring (bicyclic) bond motifs is 1. The Labute approximate surface area is 135 Å². The summed E-state index contributed by atoms with van der Waals surface area (Å²) in [6, 6.07) is 16.3. The predicted molar refractivity (Wildman–Crippen MR) is 82.8 cm³/mol. The molecule has 0 N–H and O–H groups in total. The fourth-order valence-electron chi connectivity index (χ4n) is 2.13. The van der Waals surface area contributed by atoms with E-state index in [-0.39, 0.29) is 5.39 Å². The van der Waals surface area contributed by atoms with E-state index in [1.165, 1.54) is 12.1 Å². The van der Waals surface area contributed by atoms with Gasteiger partial charge in [-0.1, -0.05) is 36.4 Å². The van der Waals surface area contributed by atoms with Crippen molar-refractivity contribution in [3.8, 4) is 17.0 Å². The highest BCUT2D eigenvalue weighted by Crippen LogP contribution is 2.32. The van der Waals surface area contributed by atoms with Crippen LogP contribution in [-0.2, 0) is 10.1 Å². The van der Waals surface area contributed by atoms with E-state index in [1.807, 2.05) is 30.3 Å². The van der Waals surface area contributed by atoms with Gasteiger partial charge < -0.3 is 4.18 Å². The van der Waals surface area contributed by atoms with Crippen molar-refractivity contribution in [2.45, 2.75) is 5.51 Å². The topological polar surface area (TPSA) is 56.3 Å². The number of aromatic nitrogens is 1. The number of alkyl halides is 3. The van der Waals surface area contributed by atoms with Crippen LogP contribution >= 0.6 is 0 Å². The molecule has 3 aromatic rings. The van der Waals surface area contributed by atoms with Crippen LogP contribution in [0.3, 0.4) is 0 Å². The molecule has 0 atom stereocenters. The van der Waals surface area contributed by atoms with Gasteiger partial charge in [0.05, 0.1) is 11.2 Å². The first kappa shape index (κ1) is 16.3. The fraction of sp³-hybridized carbons (Fsp3) is 0.0625. The van der Waals surface area contributed by atoms with E-state index >= 15 is 0 Å². The zero-order valence-corrected chi connectivity index (χ0v) is 12.8. The molecule has 0 radical (unpaired) electrons. The molecule has 0 unspecified atom stereocenters. The van der Waals surface area contributed by atoms with Gasteiger partial charge >= 0.3 is 15.6 Å². The van der Waals surface area contributed by atoms with Gasteiger partial charge in [-0.25, -0.2) is 4.98 Å². The molecule has 0 fully saturated rings. The van der Waals surface area contributed by atoms with Crippen LogP contribution in [0.25, 0.3) is 22.2 Å². The first-order valence-corrected chi connectivity index (χ1v) is 8.15. The molecule has 0 aliphatic rings. The Balaban J connectivity index is 2.06. The van der Waals surface area contributed by atoms with Crippen LogP contribution in [0, 0.1) is 0 Å². The minimum absolute atomic E-state index is 0.171. The minimum atomic E-state index is -5.73. The van der Waals surface area contributed by atoms with Crippen molar-refractivity contribution < 1.29 is 25.8 Å². The van der Waals surface area contributed by atoms with Crippen molar-refractivity contribution in [3.63, 3.8) is 0 Å². The van der Waals surface area contributed by atoms with Gasteiger partial charge in [0.25, 0.3) is 0 Å². The van der Waals surface area contributed by atoms with Gasteiger partial charge in [-0.2, -0.15) is 21.6 Å². The molecular formula is C16H10F3NO3S. The number of halogens is 3. The summed E-state index contributed by atoms with van der Waals surface area (Å²) in [5.41, 5.74) is -3.73. The highest BCUT2D eigenvalue weighted by atomic mass is 32.2. The van der Waals surface area contributed by atoms with E-state index in [0.717, 1.165) is 11.6 Å². The summed E-state index contributed by atoms with van der Waals surface area (Å²) in [4.78, 5) is 4.34. The van der Waals surface area contributed by atoms with E-state index in [4.69, 9.17) is 0 Å². The molecular weight excluding hydrogens is 343 g/mol. The van der Waals surface area contributed by atoms with Crippen molar-refractivity contribution in [3.05, 3.63) is 60.7 Å². The van der Waals surface area contributed by atoms with Crippen molar-refractivity contribution in [1.29, 1.82) is 0 Å². The molecule has 0 aliphatic heterocycles. The standard InChI is InChI=1S/C16H10F3NO3S/c17-16(18,19)24(21,22)23-15-8-4-7-14-12(15)9-10-13(20-14)11-5-2-1-3-6-11/h1-10H. The number of nitrogens with zero attached hydrogens (tertiary/aromatic N) is 1. The third-order valence-corrected chi connectivity index (χ3v) is 4.21.